The molecule has 0 saturated carbocycles. The number of carbonyl (C=O) groups is 1. The minimum atomic E-state index is -1.36. The van der Waals surface area contributed by atoms with Crippen LogP contribution in [-0.2, 0) is 38.8 Å². The number of aryl methyl sites for hydroxylation is 1. The van der Waals surface area contributed by atoms with E-state index < -0.39 is 56.7 Å². The predicted molar refractivity (Wildman–Crippen MR) is 153 cm³/mol. The number of pyridine rings is 1. The molecule has 4 heterocycles. The van der Waals surface area contributed by atoms with Crippen LogP contribution >= 0.6 is 11.6 Å². The number of benzene rings is 1. The van der Waals surface area contributed by atoms with Crippen molar-refractivity contribution >= 4 is 36.8 Å². The van der Waals surface area contributed by atoms with E-state index in [4.69, 9.17) is 40.4 Å². The third kappa shape index (κ3) is 7.44. The molecule has 2 N–H and O–H groups in total. The van der Waals surface area contributed by atoms with Crippen molar-refractivity contribution in [2.45, 2.75) is 76.3 Å². The number of hydrogen-bond donors (Lipinski definition) is 2. The maximum atomic E-state index is 14.7. The molecular formula is C28H34ClF2N3O8Si. The third-order valence-corrected chi connectivity index (χ3v) is 9.22. The highest BCUT2D eigenvalue weighted by Crippen LogP contribution is 2.33. The summed E-state index contributed by atoms with van der Waals surface area (Å²) in [4.78, 5) is 19.9. The van der Waals surface area contributed by atoms with Crippen molar-refractivity contribution in [3.8, 4) is 11.9 Å². The summed E-state index contributed by atoms with van der Waals surface area (Å²) in [5, 5.41) is 19.0. The molecular weight excluding hydrogens is 608 g/mol. The zero-order valence-electron chi connectivity index (χ0n) is 24.0. The fraction of sp³-hybridized carbons (Fsp3) is 0.536. The molecule has 2 aliphatic rings. The summed E-state index contributed by atoms with van der Waals surface area (Å²) in [7, 11) is -1.36. The van der Waals surface area contributed by atoms with Crippen molar-refractivity contribution in [2.24, 2.45) is 0 Å². The number of halogens is 3. The number of rotatable bonds is 13. The molecule has 0 spiro atoms. The van der Waals surface area contributed by atoms with Gasteiger partial charge >= 0.3 is 12.0 Å². The SMILES string of the molecule is C[Si](C)(C)CCOCn1c(O[C@@H]2CO[C@H]3[C@@H]2OC[C@H]3O)nc2cc(Cl)c(OCc3c(F)cc(CCC(=O)O)cc3F)nc21. The molecule has 2 saturated heterocycles. The molecule has 5 rings (SSSR count). The first-order valence-corrected chi connectivity index (χ1v) is 18.0. The standard InChI is InChI=1S/C28H34ClF2N3O8Si/c1-43(2,3)7-6-38-14-34-26-20(32-28(34)42-22-13-40-24-21(35)12-39-25(22)24)10-17(29)27(33-26)41-11-16-18(30)8-15(9-19(16)31)4-5-23(36)37/h8-10,21-22,24-25,35H,4-7,11-14H2,1-3H3,(H,36,37)/t21-,22-,24-,25-/m1/s1. The number of fused-ring (bicyclic) bond motifs is 2. The molecule has 11 nitrogen and oxygen atoms in total. The number of aliphatic hydroxyl groups is 1. The van der Waals surface area contributed by atoms with Gasteiger partial charge in [-0.25, -0.2) is 8.78 Å². The van der Waals surface area contributed by atoms with Crippen molar-refractivity contribution in [1.82, 2.24) is 14.5 Å². The van der Waals surface area contributed by atoms with E-state index in [1.807, 2.05) is 0 Å². The third-order valence-electron chi connectivity index (χ3n) is 7.24. The van der Waals surface area contributed by atoms with Gasteiger partial charge in [-0.05, 0) is 36.2 Å². The molecule has 3 aromatic rings. The van der Waals surface area contributed by atoms with E-state index >= 15 is 0 Å². The zero-order valence-corrected chi connectivity index (χ0v) is 25.8. The summed E-state index contributed by atoms with van der Waals surface area (Å²) in [6.45, 7) is 7.12. The molecule has 0 bridgehead atoms. The number of carboxylic acid groups (broad SMARTS) is 1. The van der Waals surface area contributed by atoms with Gasteiger partial charge in [-0.15, -0.1) is 0 Å². The van der Waals surface area contributed by atoms with Gasteiger partial charge in [-0.2, -0.15) is 9.97 Å². The number of imidazole rings is 1. The van der Waals surface area contributed by atoms with Crippen LogP contribution in [0.2, 0.25) is 30.7 Å². The van der Waals surface area contributed by atoms with Crippen molar-refractivity contribution in [3.63, 3.8) is 0 Å². The van der Waals surface area contributed by atoms with Crippen LogP contribution in [0.5, 0.6) is 11.9 Å². The Balaban J connectivity index is 1.38. The van der Waals surface area contributed by atoms with Crippen LogP contribution in [0.1, 0.15) is 17.5 Å². The van der Waals surface area contributed by atoms with Gasteiger partial charge in [-0.3, -0.25) is 9.36 Å². The molecule has 2 aromatic heterocycles. The Labute approximate surface area is 252 Å². The largest absolute Gasteiger partial charge is 0.481 e. The molecule has 0 amide bonds. The van der Waals surface area contributed by atoms with Gasteiger partial charge in [0, 0.05) is 21.1 Å². The van der Waals surface area contributed by atoms with E-state index in [1.54, 1.807) is 4.57 Å². The molecule has 43 heavy (non-hydrogen) atoms. The lowest BCUT2D eigenvalue weighted by Crippen LogP contribution is -2.35. The van der Waals surface area contributed by atoms with Gasteiger partial charge in [0.2, 0.25) is 5.88 Å². The van der Waals surface area contributed by atoms with Crippen LogP contribution in [0.3, 0.4) is 0 Å². The number of carboxylic acids is 1. The first-order valence-electron chi connectivity index (χ1n) is 13.9. The minimum Gasteiger partial charge on any atom is -0.481 e. The lowest BCUT2D eigenvalue weighted by atomic mass is 10.1. The second-order valence-electron chi connectivity index (χ2n) is 11.8. The Hall–Kier alpha value is -2.88. The number of ether oxygens (including phenoxy) is 5. The molecule has 0 aliphatic carbocycles. The summed E-state index contributed by atoms with van der Waals surface area (Å²) in [5.74, 6) is -2.88. The summed E-state index contributed by atoms with van der Waals surface area (Å²) < 4.78 is 60.3. The van der Waals surface area contributed by atoms with E-state index in [1.165, 1.54) is 6.07 Å². The number of aliphatic carboxylic acids is 1. The minimum absolute atomic E-state index is 0.0101. The predicted octanol–water partition coefficient (Wildman–Crippen LogP) is 4.18. The molecule has 0 unspecified atom stereocenters. The second-order valence-corrected chi connectivity index (χ2v) is 17.9. The maximum Gasteiger partial charge on any atom is 0.303 e. The fourth-order valence-corrected chi connectivity index (χ4v) is 5.80. The molecule has 2 fully saturated rings. The fourth-order valence-electron chi connectivity index (χ4n) is 4.84. The van der Waals surface area contributed by atoms with Gasteiger partial charge in [0.15, 0.2) is 11.8 Å². The lowest BCUT2D eigenvalue weighted by molar-refractivity contribution is -0.136. The van der Waals surface area contributed by atoms with Crippen molar-refractivity contribution in [2.75, 3.05) is 19.8 Å². The van der Waals surface area contributed by atoms with Gasteiger partial charge in [0.05, 0.1) is 18.8 Å². The first kappa shape index (κ1) is 31.5. The van der Waals surface area contributed by atoms with Crippen LogP contribution in [0.4, 0.5) is 8.78 Å². The molecule has 234 valence electrons. The van der Waals surface area contributed by atoms with Crippen LogP contribution < -0.4 is 9.47 Å². The quantitative estimate of drug-likeness (QED) is 0.207. The number of aliphatic hydroxyl groups excluding tert-OH is 1. The molecule has 4 atom stereocenters. The Kier molecular flexibility index (Phi) is 9.54. The average molecular weight is 642 g/mol. The Morgan fingerprint density at radius 2 is 1.86 bits per heavy atom. The van der Waals surface area contributed by atoms with Crippen molar-refractivity contribution < 1.29 is 47.5 Å². The van der Waals surface area contributed by atoms with Crippen LogP contribution in [0, 0.1) is 11.6 Å². The van der Waals surface area contributed by atoms with E-state index in [0.717, 1.165) is 18.2 Å². The lowest BCUT2D eigenvalue weighted by Gasteiger charge is -2.19. The molecule has 2 aliphatic heterocycles. The van der Waals surface area contributed by atoms with Crippen LogP contribution in [-0.4, -0.2) is 83.0 Å². The van der Waals surface area contributed by atoms with Gasteiger partial charge in [0.25, 0.3) is 0 Å². The van der Waals surface area contributed by atoms with Crippen molar-refractivity contribution in [3.05, 3.63) is 46.0 Å². The van der Waals surface area contributed by atoms with E-state index in [-0.39, 0.29) is 60.8 Å². The molecule has 15 heteroatoms. The number of nitrogens with zero attached hydrogens (tertiary/aromatic N) is 3. The van der Waals surface area contributed by atoms with Crippen LogP contribution in [0.25, 0.3) is 11.2 Å². The highest BCUT2D eigenvalue weighted by Gasteiger charge is 2.49. The normalized spacial score (nSPS) is 21.8. The molecule has 0 radical (unpaired) electrons. The van der Waals surface area contributed by atoms with E-state index in [2.05, 4.69) is 29.6 Å². The zero-order chi connectivity index (χ0) is 30.9. The second kappa shape index (κ2) is 13.0. The van der Waals surface area contributed by atoms with E-state index in [9.17, 15) is 18.7 Å². The van der Waals surface area contributed by atoms with Gasteiger partial charge in [-0.1, -0.05) is 31.2 Å². The summed E-state index contributed by atoms with van der Waals surface area (Å²) >= 11 is 6.43. The molecule has 1 aromatic carbocycles. The highest BCUT2D eigenvalue weighted by molar-refractivity contribution is 6.76. The van der Waals surface area contributed by atoms with E-state index in [0.29, 0.717) is 17.8 Å². The first-order chi connectivity index (χ1) is 20.4. The Bertz CT molecular complexity index is 1460. The number of aromatic nitrogens is 3. The summed E-state index contributed by atoms with van der Waals surface area (Å²) in [5.41, 5.74) is 0.568. The topological polar surface area (TPSA) is 134 Å². The van der Waals surface area contributed by atoms with Gasteiger partial charge in [0.1, 0.15) is 53.8 Å². The van der Waals surface area contributed by atoms with Crippen LogP contribution in [0.15, 0.2) is 18.2 Å². The summed E-state index contributed by atoms with van der Waals surface area (Å²) in [6.07, 6.45) is -2.49. The smallest absolute Gasteiger partial charge is 0.303 e. The number of hydrogen-bond acceptors (Lipinski definition) is 9. The van der Waals surface area contributed by atoms with Gasteiger partial charge < -0.3 is 33.9 Å². The maximum absolute atomic E-state index is 14.7. The average Bonchev–Trinajstić information content (AvgIpc) is 3.59. The Morgan fingerprint density at radius 1 is 1.14 bits per heavy atom. The monoisotopic (exact) mass is 641 g/mol. The Morgan fingerprint density at radius 3 is 2.56 bits per heavy atom. The summed E-state index contributed by atoms with van der Waals surface area (Å²) in [6, 6.07) is 4.79. The van der Waals surface area contributed by atoms with Crippen molar-refractivity contribution in [1.29, 1.82) is 0 Å². The highest BCUT2D eigenvalue weighted by atomic mass is 35.5.